The van der Waals surface area contributed by atoms with E-state index >= 15 is 0 Å². The van der Waals surface area contributed by atoms with Crippen LogP contribution in [0.3, 0.4) is 0 Å². The third-order valence-electron chi connectivity index (χ3n) is 2.30. The minimum atomic E-state index is -0.631. The molecule has 0 amide bonds. The molecule has 1 N–H and O–H groups in total. The highest BCUT2D eigenvalue weighted by Crippen LogP contribution is 2.27. The van der Waals surface area contributed by atoms with E-state index in [0.29, 0.717) is 5.16 Å². The highest BCUT2D eigenvalue weighted by atomic mass is 79.9. The fourth-order valence-corrected chi connectivity index (χ4v) is 2.65. The summed E-state index contributed by atoms with van der Waals surface area (Å²) in [7, 11) is 0. The van der Waals surface area contributed by atoms with Gasteiger partial charge in [0.1, 0.15) is 11.6 Å². The van der Waals surface area contributed by atoms with Gasteiger partial charge >= 0.3 is 0 Å². The molecule has 1 heterocycles. The molecule has 0 bridgehead atoms. The first-order valence-corrected chi connectivity index (χ1v) is 7.03. The number of aliphatic hydroxyl groups excluding tert-OH is 1. The lowest BCUT2D eigenvalue weighted by Crippen LogP contribution is -2.06. The van der Waals surface area contributed by atoms with Crippen LogP contribution in [0.15, 0.2) is 21.8 Å². The summed E-state index contributed by atoms with van der Waals surface area (Å²) >= 11 is 4.11. The smallest absolute Gasteiger partial charge is 0.209 e. The molecule has 0 saturated heterocycles. The molecule has 0 aliphatic heterocycles. The summed E-state index contributed by atoms with van der Waals surface area (Å²) in [5.41, 5.74) is -0.0436. The van der Waals surface area contributed by atoms with Crippen molar-refractivity contribution in [3.8, 4) is 0 Å². The van der Waals surface area contributed by atoms with E-state index in [0.717, 1.165) is 11.8 Å². The summed E-state index contributed by atoms with van der Waals surface area (Å²) in [4.78, 5) is 0. The maximum Gasteiger partial charge on any atom is 0.209 e. The maximum absolute atomic E-state index is 13.7. The molecule has 0 unspecified atom stereocenters. The second-order valence-electron chi connectivity index (χ2n) is 3.52. The Hall–Kier alpha value is -1.06. The van der Waals surface area contributed by atoms with Gasteiger partial charge in [0.2, 0.25) is 5.16 Å². The SMILES string of the molecule is OCCn1nnnc1SCc1c(F)ccc(Br)c1F. The average Bonchev–Trinajstić information content (AvgIpc) is 2.82. The highest BCUT2D eigenvalue weighted by molar-refractivity contribution is 9.10. The average molecular weight is 351 g/mol. The number of halogens is 3. The lowest BCUT2D eigenvalue weighted by atomic mass is 10.2. The van der Waals surface area contributed by atoms with E-state index in [1.165, 1.54) is 16.8 Å². The number of benzene rings is 1. The quantitative estimate of drug-likeness (QED) is 0.660. The topological polar surface area (TPSA) is 63.8 Å². The summed E-state index contributed by atoms with van der Waals surface area (Å²) in [6.45, 7) is 0.122. The number of rotatable bonds is 5. The first kappa shape index (κ1) is 14.4. The Bertz CT molecular complexity index is 581. The van der Waals surface area contributed by atoms with Gasteiger partial charge in [0.25, 0.3) is 0 Å². The molecule has 0 fully saturated rings. The van der Waals surface area contributed by atoms with Gasteiger partial charge in [0.15, 0.2) is 0 Å². The molecule has 0 aliphatic carbocycles. The first-order chi connectivity index (χ1) is 9.13. The molecular weight excluding hydrogens is 342 g/mol. The van der Waals surface area contributed by atoms with Crippen molar-refractivity contribution in [2.45, 2.75) is 17.5 Å². The van der Waals surface area contributed by atoms with Crippen LogP contribution in [0.25, 0.3) is 0 Å². The molecule has 0 aliphatic rings. The molecule has 1 aromatic carbocycles. The van der Waals surface area contributed by atoms with Crippen LogP contribution in [0.4, 0.5) is 8.78 Å². The summed E-state index contributed by atoms with van der Waals surface area (Å²) in [5, 5.41) is 20.1. The molecule has 5 nitrogen and oxygen atoms in total. The molecule has 2 aromatic rings. The zero-order valence-corrected chi connectivity index (χ0v) is 12.0. The van der Waals surface area contributed by atoms with Crippen LogP contribution >= 0.6 is 27.7 Å². The van der Waals surface area contributed by atoms with Crippen molar-refractivity contribution in [2.24, 2.45) is 0 Å². The van der Waals surface area contributed by atoms with Crippen molar-refractivity contribution in [2.75, 3.05) is 6.61 Å². The van der Waals surface area contributed by atoms with E-state index in [1.807, 2.05) is 0 Å². The van der Waals surface area contributed by atoms with E-state index < -0.39 is 11.6 Å². The zero-order valence-electron chi connectivity index (χ0n) is 9.55. The number of hydrogen-bond acceptors (Lipinski definition) is 5. The number of nitrogens with zero attached hydrogens (tertiary/aromatic N) is 4. The Balaban J connectivity index is 2.14. The molecule has 102 valence electrons. The predicted molar refractivity (Wildman–Crippen MR) is 68.5 cm³/mol. The number of aliphatic hydroxyl groups is 1. The van der Waals surface area contributed by atoms with Crippen molar-refractivity contribution in [3.05, 3.63) is 33.8 Å². The van der Waals surface area contributed by atoms with Crippen molar-refractivity contribution in [3.63, 3.8) is 0 Å². The third kappa shape index (κ3) is 3.28. The largest absolute Gasteiger partial charge is 0.394 e. The van der Waals surface area contributed by atoms with Crippen LogP contribution in [0, 0.1) is 11.6 Å². The monoisotopic (exact) mass is 350 g/mol. The van der Waals surface area contributed by atoms with Gasteiger partial charge in [-0.3, -0.25) is 0 Å². The second-order valence-corrected chi connectivity index (χ2v) is 5.32. The standard InChI is InChI=1S/C10H9BrF2N4OS/c11-7-1-2-8(12)6(9(7)13)5-19-10-14-15-16-17(10)3-4-18/h1-2,18H,3-5H2. The molecule has 0 atom stereocenters. The summed E-state index contributed by atoms with van der Waals surface area (Å²) in [5.74, 6) is -1.19. The molecule has 1 aromatic heterocycles. The number of tetrazole rings is 1. The number of aromatic nitrogens is 4. The van der Waals surface area contributed by atoms with Crippen LogP contribution in [-0.2, 0) is 12.3 Å². The van der Waals surface area contributed by atoms with Crippen LogP contribution in [0.1, 0.15) is 5.56 Å². The van der Waals surface area contributed by atoms with Gasteiger partial charge in [-0.2, -0.15) is 0 Å². The van der Waals surface area contributed by atoms with E-state index in [4.69, 9.17) is 5.11 Å². The predicted octanol–water partition coefficient (Wildman–Crippen LogP) is 2.00. The van der Waals surface area contributed by atoms with Crippen LogP contribution in [0.5, 0.6) is 0 Å². The molecule has 0 spiro atoms. The first-order valence-electron chi connectivity index (χ1n) is 5.25. The minimum Gasteiger partial charge on any atom is -0.394 e. The summed E-state index contributed by atoms with van der Waals surface area (Å²) in [6.07, 6.45) is 0. The molecule has 0 radical (unpaired) electrons. The van der Waals surface area contributed by atoms with E-state index in [9.17, 15) is 8.78 Å². The normalized spacial score (nSPS) is 10.9. The van der Waals surface area contributed by atoms with Crippen molar-refractivity contribution in [1.29, 1.82) is 0 Å². The molecule has 19 heavy (non-hydrogen) atoms. The van der Waals surface area contributed by atoms with Crippen LogP contribution < -0.4 is 0 Å². The lowest BCUT2D eigenvalue weighted by molar-refractivity contribution is 0.262. The Morgan fingerprint density at radius 1 is 1.37 bits per heavy atom. The molecule has 9 heteroatoms. The fourth-order valence-electron chi connectivity index (χ4n) is 1.37. The van der Waals surface area contributed by atoms with E-state index in [-0.39, 0.29) is 28.9 Å². The van der Waals surface area contributed by atoms with Crippen molar-refractivity contribution >= 4 is 27.7 Å². The summed E-state index contributed by atoms with van der Waals surface area (Å²) in [6, 6.07) is 2.51. The maximum atomic E-state index is 13.7. The van der Waals surface area contributed by atoms with Crippen molar-refractivity contribution < 1.29 is 13.9 Å². The molecule has 2 rings (SSSR count). The molecule has 0 saturated carbocycles. The highest BCUT2D eigenvalue weighted by Gasteiger charge is 2.14. The van der Waals surface area contributed by atoms with Gasteiger partial charge in [-0.15, -0.1) is 5.10 Å². The second kappa shape index (κ2) is 6.40. The van der Waals surface area contributed by atoms with Gasteiger partial charge in [-0.25, -0.2) is 13.5 Å². The van der Waals surface area contributed by atoms with Crippen LogP contribution in [-0.4, -0.2) is 31.9 Å². The van der Waals surface area contributed by atoms with Gasteiger partial charge in [-0.1, -0.05) is 11.8 Å². The fraction of sp³-hybridized carbons (Fsp3) is 0.300. The van der Waals surface area contributed by atoms with Gasteiger partial charge < -0.3 is 5.11 Å². The third-order valence-corrected chi connectivity index (χ3v) is 3.89. The van der Waals surface area contributed by atoms with Gasteiger partial charge in [-0.05, 0) is 38.5 Å². The van der Waals surface area contributed by atoms with Gasteiger partial charge in [0, 0.05) is 11.3 Å². The zero-order chi connectivity index (χ0) is 13.8. The minimum absolute atomic E-state index is 0.0436. The van der Waals surface area contributed by atoms with Crippen molar-refractivity contribution in [1.82, 2.24) is 20.2 Å². The van der Waals surface area contributed by atoms with E-state index in [2.05, 4.69) is 31.5 Å². The van der Waals surface area contributed by atoms with E-state index in [1.54, 1.807) is 0 Å². The Kier molecular flexibility index (Phi) is 4.83. The van der Waals surface area contributed by atoms with Crippen LogP contribution in [0.2, 0.25) is 0 Å². The number of hydrogen-bond donors (Lipinski definition) is 1. The number of thioether (sulfide) groups is 1. The summed E-state index contributed by atoms with van der Waals surface area (Å²) < 4.78 is 28.9. The van der Waals surface area contributed by atoms with Gasteiger partial charge in [0.05, 0.1) is 17.6 Å². The Labute approximate surface area is 120 Å². The lowest BCUT2D eigenvalue weighted by Gasteiger charge is -2.06. The molecular formula is C10H9BrF2N4OS. The Morgan fingerprint density at radius 3 is 2.89 bits per heavy atom. The Morgan fingerprint density at radius 2 is 2.16 bits per heavy atom.